The fraction of sp³-hybridized carbons (Fsp3) is 0.909. The molecule has 0 spiro atoms. The summed E-state index contributed by atoms with van der Waals surface area (Å²) in [7, 11) is 0. The second kappa shape index (κ2) is 6.31. The van der Waals surface area contributed by atoms with E-state index in [4.69, 9.17) is 5.26 Å². The quantitative estimate of drug-likeness (QED) is 0.761. The van der Waals surface area contributed by atoms with Crippen LogP contribution in [0.5, 0.6) is 0 Å². The smallest absolute Gasteiger partial charge is 0.0952 e. The average molecular weight is 212 g/mol. The lowest BCUT2D eigenvalue weighted by Crippen LogP contribution is -2.35. The van der Waals surface area contributed by atoms with Crippen LogP contribution in [0.4, 0.5) is 0 Å². The average Bonchev–Trinajstić information content (AvgIpc) is 2.63. The van der Waals surface area contributed by atoms with E-state index in [0.717, 1.165) is 11.7 Å². The van der Waals surface area contributed by atoms with Gasteiger partial charge in [0.15, 0.2) is 0 Å². The number of nitrogens with zero attached hydrogens (tertiary/aromatic N) is 1. The van der Waals surface area contributed by atoms with Crippen molar-refractivity contribution in [3.8, 4) is 6.07 Å². The molecule has 0 aliphatic heterocycles. The van der Waals surface area contributed by atoms with Gasteiger partial charge in [-0.15, -0.1) is 0 Å². The summed E-state index contributed by atoms with van der Waals surface area (Å²) in [6, 6.07) is 2.95. The van der Waals surface area contributed by atoms with Crippen molar-refractivity contribution in [2.24, 2.45) is 0 Å². The largest absolute Gasteiger partial charge is 0.299 e. The van der Waals surface area contributed by atoms with E-state index in [0.29, 0.717) is 6.04 Å². The van der Waals surface area contributed by atoms with Crippen LogP contribution in [0.3, 0.4) is 0 Å². The molecule has 0 aromatic rings. The SMILES string of the molecule is CCSC1CCC(NC(C#N)CC)C1. The molecule has 1 N–H and O–H groups in total. The van der Waals surface area contributed by atoms with Crippen molar-refractivity contribution in [2.45, 2.75) is 56.9 Å². The van der Waals surface area contributed by atoms with Gasteiger partial charge in [0.25, 0.3) is 0 Å². The first kappa shape index (κ1) is 11.9. The summed E-state index contributed by atoms with van der Waals surface area (Å²) in [4.78, 5) is 0. The molecule has 0 aromatic carbocycles. The molecule has 1 aliphatic carbocycles. The maximum absolute atomic E-state index is 8.84. The van der Waals surface area contributed by atoms with Gasteiger partial charge in [0.05, 0.1) is 12.1 Å². The van der Waals surface area contributed by atoms with Crippen LogP contribution in [0, 0.1) is 11.3 Å². The summed E-state index contributed by atoms with van der Waals surface area (Å²) >= 11 is 2.06. The first-order valence-electron chi connectivity index (χ1n) is 5.57. The minimum atomic E-state index is 0.0605. The molecule has 3 atom stereocenters. The molecule has 0 heterocycles. The normalized spacial score (nSPS) is 28.6. The number of nitriles is 1. The lowest BCUT2D eigenvalue weighted by atomic mass is 10.2. The van der Waals surface area contributed by atoms with E-state index < -0.39 is 0 Å². The maximum atomic E-state index is 8.84. The molecule has 0 bridgehead atoms. The Kier molecular flexibility index (Phi) is 5.36. The van der Waals surface area contributed by atoms with Crippen molar-refractivity contribution < 1.29 is 0 Å². The van der Waals surface area contributed by atoms with Gasteiger partial charge in [-0.1, -0.05) is 13.8 Å². The molecule has 0 aromatic heterocycles. The highest BCUT2D eigenvalue weighted by atomic mass is 32.2. The van der Waals surface area contributed by atoms with E-state index in [1.165, 1.54) is 25.0 Å². The zero-order valence-corrected chi connectivity index (χ0v) is 9.94. The van der Waals surface area contributed by atoms with Gasteiger partial charge >= 0.3 is 0 Å². The lowest BCUT2D eigenvalue weighted by molar-refractivity contribution is 0.475. The number of thioether (sulfide) groups is 1. The summed E-state index contributed by atoms with van der Waals surface area (Å²) in [6.45, 7) is 4.28. The van der Waals surface area contributed by atoms with Gasteiger partial charge in [0.2, 0.25) is 0 Å². The molecule has 1 rings (SSSR count). The van der Waals surface area contributed by atoms with Gasteiger partial charge in [-0.05, 0) is 31.4 Å². The highest BCUT2D eigenvalue weighted by Gasteiger charge is 2.25. The molecule has 1 aliphatic rings. The van der Waals surface area contributed by atoms with Crippen molar-refractivity contribution in [1.29, 1.82) is 5.26 Å². The third kappa shape index (κ3) is 3.51. The number of hydrogen-bond donors (Lipinski definition) is 1. The van der Waals surface area contributed by atoms with Crippen LogP contribution in [0.15, 0.2) is 0 Å². The van der Waals surface area contributed by atoms with Gasteiger partial charge in [-0.3, -0.25) is 5.32 Å². The third-order valence-electron chi connectivity index (χ3n) is 2.79. The van der Waals surface area contributed by atoms with Crippen molar-refractivity contribution in [3.05, 3.63) is 0 Å². The number of nitrogens with one attached hydrogen (secondary N) is 1. The van der Waals surface area contributed by atoms with Gasteiger partial charge < -0.3 is 0 Å². The van der Waals surface area contributed by atoms with Gasteiger partial charge in [-0.25, -0.2) is 0 Å². The fourth-order valence-corrected chi connectivity index (χ4v) is 3.15. The Bertz CT molecular complexity index is 200. The van der Waals surface area contributed by atoms with Crippen LogP contribution in [-0.4, -0.2) is 23.1 Å². The van der Waals surface area contributed by atoms with E-state index >= 15 is 0 Å². The lowest BCUT2D eigenvalue weighted by Gasteiger charge is -2.16. The Morgan fingerprint density at radius 1 is 1.50 bits per heavy atom. The molecule has 14 heavy (non-hydrogen) atoms. The summed E-state index contributed by atoms with van der Waals surface area (Å²) < 4.78 is 0. The minimum Gasteiger partial charge on any atom is -0.299 e. The summed E-state index contributed by atoms with van der Waals surface area (Å²) in [5.41, 5.74) is 0. The molecular formula is C11H20N2S. The number of hydrogen-bond acceptors (Lipinski definition) is 3. The molecule has 80 valence electrons. The number of rotatable bonds is 5. The monoisotopic (exact) mass is 212 g/mol. The minimum absolute atomic E-state index is 0.0605. The summed E-state index contributed by atoms with van der Waals surface area (Å²) in [5, 5.41) is 13.1. The Morgan fingerprint density at radius 3 is 2.86 bits per heavy atom. The van der Waals surface area contributed by atoms with E-state index in [1.54, 1.807) is 0 Å². The standard InChI is InChI=1S/C11H20N2S/c1-3-9(8-12)13-10-5-6-11(7-10)14-4-2/h9-11,13H,3-7H2,1-2H3. The molecule has 3 unspecified atom stereocenters. The molecule has 3 heteroatoms. The predicted molar refractivity (Wildman–Crippen MR) is 62.4 cm³/mol. The third-order valence-corrected chi connectivity index (χ3v) is 4.02. The van der Waals surface area contributed by atoms with E-state index in [1.807, 2.05) is 0 Å². The molecule has 1 fully saturated rings. The van der Waals surface area contributed by atoms with Crippen molar-refractivity contribution in [1.82, 2.24) is 5.32 Å². The Hall–Kier alpha value is -0.200. The fourth-order valence-electron chi connectivity index (χ4n) is 2.01. The second-order valence-electron chi connectivity index (χ2n) is 3.84. The Labute approximate surface area is 91.4 Å². The van der Waals surface area contributed by atoms with Crippen LogP contribution in [-0.2, 0) is 0 Å². The van der Waals surface area contributed by atoms with Gasteiger partial charge in [-0.2, -0.15) is 17.0 Å². The first-order chi connectivity index (χ1) is 6.80. The molecule has 0 saturated heterocycles. The van der Waals surface area contributed by atoms with Crippen LogP contribution in [0.1, 0.15) is 39.5 Å². The van der Waals surface area contributed by atoms with E-state index in [9.17, 15) is 0 Å². The van der Waals surface area contributed by atoms with Crippen molar-refractivity contribution >= 4 is 11.8 Å². The van der Waals surface area contributed by atoms with E-state index in [2.05, 4.69) is 37.0 Å². The molecule has 2 nitrogen and oxygen atoms in total. The Morgan fingerprint density at radius 2 is 2.29 bits per heavy atom. The van der Waals surface area contributed by atoms with Crippen LogP contribution >= 0.6 is 11.8 Å². The zero-order chi connectivity index (χ0) is 10.4. The Balaban J connectivity index is 2.25. The summed E-state index contributed by atoms with van der Waals surface area (Å²) in [5.74, 6) is 1.22. The van der Waals surface area contributed by atoms with E-state index in [-0.39, 0.29) is 6.04 Å². The molecular weight excluding hydrogens is 192 g/mol. The van der Waals surface area contributed by atoms with Gasteiger partial charge in [0.1, 0.15) is 0 Å². The molecule has 1 saturated carbocycles. The topological polar surface area (TPSA) is 35.8 Å². The molecule has 0 amide bonds. The highest BCUT2D eigenvalue weighted by Crippen LogP contribution is 2.29. The first-order valence-corrected chi connectivity index (χ1v) is 6.62. The predicted octanol–water partition coefficient (Wildman–Crippen LogP) is 2.55. The van der Waals surface area contributed by atoms with Crippen LogP contribution in [0.2, 0.25) is 0 Å². The van der Waals surface area contributed by atoms with Crippen LogP contribution < -0.4 is 5.32 Å². The van der Waals surface area contributed by atoms with Crippen molar-refractivity contribution in [3.63, 3.8) is 0 Å². The van der Waals surface area contributed by atoms with Crippen molar-refractivity contribution in [2.75, 3.05) is 5.75 Å². The highest BCUT2D eigenvalue weighted by molar-refractivity contribution is 7.99. The van der Waals surface area contributed by atoms with Crippen LogP contribution in [0.25, 0.3) is 0 Å². The van der Waals surface area contributed by atoms with Gasteiger partial charge in [0, 0.05) is 11.3 Å². The maximum Gasteiger partial charge on any atom is 0.0952 e. The second-order valence-corrected chi connectivity index (χ2v) is 5.42. The molecule has 0 radical (unpaired) electrons. The zero-order valence-electron chi connectivity index (χ0n) is 9.12. The summed E-state index contributed by atoms with van der Waals surface area (Å²) in [6.07, 6.45) is 4.73.